The van der Waals surface area contributed by atoms with Gasteiger partial charge in [-0.2, -0.15) is 4.99 Å². The zero-order chi connectivity index (χ0) is 27.5. The van der Waals surface area contributed by atoms with Crippen LogP contribution in [0.2, 0.25) is 0 Å². The van der Waals surface area contributed by atoms with Gasteiger partial charge >= 0.3 is 0 Å². The van der Waals surface area contributed by atoms with E-state index in [-0.39, 0.29) is 11.8 Å². The lowest BCUT2D eigenvalue weighted by atomic mass is 9.82. The van der Waals surface area contributed by atoms with Gasteiger partial charge in [-0.25, -0.2) is 9.48 Å². The Morgan fingerprint density at radius 1 is 0.821 bits per heavy atom. The smallest absolute Gasteiger partial charge is 0.295 e. The predicted molar refractivity (Wildman–Crippen MR) is 153 cm³/mol. The first-order valence-electron chi connectivity index (χ1n) is 12.9. The third-order valence-corrected chi connectivity index (χ3v) is 9.47. The molecule has 1 amide bonds. The van der Waals surface area contributed by atoms with Gasteiger partial charge in [0.1, 0.15) is 5.82 Å². The van der Waals surface area contributed by atoms with Crippen LogP contribution in [-0.4, -0.2) is 17.4 Å². The molecule has 0 saturated heterocycles. The first kappa shape index (κ1) is 26.7. The Bertz CT molecular complexity index is 1470. The number of carbonyl (C=O) groups excluding carboxylic acids is 1. The maximum Gasteiger partial charge on any atom is 0.295 e. The minimum Gasteiger partial charge on any atom is -0.458 e. The van der Waals surface area contributed by atoms with Crippen molar-refractivity contribution in [2.24, 2.45) is 10.9 Å². The summed E-state index contributed by atoms with van der Waals surface area (Å²) >= 11 is 0. The molecule has 0 spiro atoms. The highest BCUT2D eigenvalue weighted by Crippen LogP contribution is 2.48. The number of rotatable bonds is 9. The molecule has 198 valence electrons. The quantitative estimate of drug-likeness (QED) is 0.258. The van der Waals surface area contributed by atoms with Gasteiger partial charge in [-0.3, -0.25) is 9.36 Å². The molecule has 0 fully saturated rings. The summed E-state index contributed by atoms with van der Waals surface area (Å²) in [6, 6.07) is 32.5. The van der Waals surface area contributed by atoms with Crippen LogP contribution in [0.3, 0.4) is 0 Å². The van der Waals surface area contributed by atoms with Crippen LogP contribution in [0.15, 0.2) is 120 Å². The Labute approximate surface area is 228 Å². The molecule has 4 aromatic carbocycles. The molecule has 39 heavy (non-hydrogen) atoms. The van der Waals surface area contributed by atoms with Gasteiger partial charge in [-0.1, -0.05) is 80.6 Å². The van der Waals surface area contributed by atoms with Gasteiger partial charge in [0.2, 0.25) is 18.8 Å². The Balaban J connectivity index is 1.69. The lowest BCUT2D eigenvalue weighted by Gasteiger charge is -2.39. The zero-order valence-electron chi connectivity index (χ0n) is 21.8. The van der Waals surface area contributed by atoms with Gasteiger partial charge in [-0.05, 0) is 60.0 Å². The third-order valence-electron chi connectivity index (χ3n) is 6.80. The molecule has 2 atom stereocenters. The van der Waals surface area contributed by atoms with E-state index in [0.717, 1.165) is 0 Å². The van der Waals surface area contributed by atoms with E-state index in [1.165, 1.54) is 12.1 Å². The van der Waals surface area contributed by atoms with Crippen LogP contribution in [0.5, 0.6) is 0 Å². The van der Waals surface area contributed by atoms with E-state index in [9.17, 15) is 9.18 Å². The Hall–Kier alpha value is -3.86. The molecule has 1 heterocycles. The summed E-state index contributed by atoms with van der Waals surface area (Å²) in [6.07, 6.45) is 0.296. The minimum atomic E-state index is -3.54. The number of aliphatic imine (C=N–C) groups is 1. The van der Waals surface area contributed by atoms with Crippen molar-refractivity contribution >= 4 is 29.7 Å². The van der Waals surface area contributed by atoms with Crippen molar-refractivity contribution < 1.29 is 18.5 Å². The second kappa shape index (κ2) is 11.1. The highest BCUT2D eigenvalue weighted by Gasteiger charge is 2.55. The molecule has 0 radical (unpaired) electrons. The van der Waals surface area contributed by atoms with Crippen molar-refractivity contribution in [1.29, 1.82) is 0 Å². The molecular weight excluding hydrogens is 510 g/mol. The molecule has 0 aromatic heterocycles. The highest BCUT2D eigenvalue weighted by atomic mass is 31.2. The topological polar surface area (TPSA) is 67.8 Å². The van der Waals surface area contributed by atoms with Crippen LogP contribution in [0.4, 0.5) is 4.39 Å². The van der Waals surface area contributed by atoms with Crippen LogP contribution in [0, 0.1) is 11.7 Å². The molecule has 5 nitrogen and oxygen atoms in total. The lowest BCUT2D eigenvalue weighted by molar-refractivity contribution is -0.134. The number of benzene rings is 4. The summed E-state index contributed by atoms with van der Waals surface area (Å²) in [6.45, 7) is 3.99. The zero-order valence-corrected chi connectivity index (χ0v) is 22.7. The Morgan fingerprint density at radius 3 is 1.85 bits per heavy atom. The van der Waals surface area contributed by atoms with Crippen molar-refractivity contribution in [2.75, 3.05) is 0 Å². The SMILES string of the molecule is CC(C)C[C@]1([C@@H](NP(=O)(c2ccccc2)c2ccccc2)c2ccc(F)cc2)OC(c2ccccc2)=NC1=O. The van der Waals surface area contributed by atoms with Crippen LogP contribution >= 0.6 is 7.29 Å². The van der Waals surface area contributed by atoms with E-state index in [4.69, 9.17) is 4.74 Å². The van der Waals surface area contributed by atoms with E-state index >= 15 is 4.57 Å². The number of carbonyl (C=O) groups is 1. The normalized spacial score (nSPS) is 18.1. The second-order valence-corrected chi connectivity index (χ2v) is 12.6. The summed E-state index contributed by atoms with van der Waals surface area (Å²) in [5, 5.41) is 4.57. The number of nitrogens with zero attached hydrogens (tertiary/aromatic N) is 1. The van der Waals surface area contributed by atoms with Crippen molar-refractivity contribution in [2.45, 2.75) is 31.9 Å². The molecule has 0 aliphatic carbocycles. The average molecular weight is 541 g/mol. The molecule has 0 bridgehead atoms. The van der Waals surface area contributed by atoms with Gasteiger partial charge in [0, 0.05) is 22.6 Å². The van der Waals surface area contributed by atoms with Gasteiger partial charge in [0.15, 0.2) is 0 Å². The number of hydrogen-bond donors (Lipinski definition) is 1. The van der Waals surface area contributed by atoms with Crippen molar-refractivity contribution in [1.82, 2.24) is 5.09 Å². The predicted octanol–water partition coefficient (Wildman–Crippen LogP) is 6.17. The second-order valence-electron chi connectivity index (χ2n) is 10.1. The summed E-state index contributed by atoms with van der Waals surface area (Å²) in [5.74, 6) is -0.643. The number of amides is 1. The van der Waals surface area contributed by atoms with Crippen LogP contribution in [0.25, 0.3) is 0 Å². The molecule has 1 aliphatic heterocycles. The summed E-state index contributed by atoms with van der Waals surface area (Å²) < 4.78 is 35.7. The van der Waals surface area contributed by atoms with E-state index in [0.29, 0.717) is 28.2 Å². The molecule has 4 aromatic rings. The highest BCUT2D eigenvalue weighted by molar-refractivity contribution is 7.76. The largest absolute Gasteiger partial charge is 0.458 e. The molecule has 0 unspecified atom stereocenters. The van der Waals surface area contributed by atoms with E-state index in [2.05, 4.69) is 10.1 Å². The van der Waals surface area contributed by atoms with Crippen molar-refractivity contribution in [3.8, 4) is 0 Å². The van der Waals surface area contributed by atoms with E-state index in [1.807, 2.05) is 80.6 Å². The maximum absolute atomic E-state index is 15.1. The number of nitrogens with one attached hydrogen (secondary N) is 1. The van der Waals surface area contributed by atoms with Crippen LogP contribution < -0.4 is 15.7 Å². The van der Waals surface area contributed by atoms with Gasteiger partial charge in [0.05, 0.1) is 6.04 Å². The molecule has 5 rings (SSSR count). The third kappa shape index (κ3) is 5.36. The molecule has 1 aliphatic rings. The minimum absolute atomic E-state index is 0.0249. The molecular formula is C32H30FN2O3P. The maximum atomic E-state index is 15.1. The van der Waals surface area contributed by atoms with Crippen LogP contribution in [0.1, 0.15) is 37.4 Å². The number of ether oxygens (including phenoxy) is 1. The average Bonchev–Trinajstić information content (AvgIpc) is 3.29. The molecule has 1 N–H and O–H groups in total. The lowest BCUT2D eigenvalue weighted by Crippen LogP contribution is -2.51. The monoisotopic (exact) mass is 540 g/mol. The first-order valence-corrected chi connectivity index (χ1v) is 14.6. The van der Waals surface area contributed by atoms with Crippen molar-refractivity contribution in [3.63, 3.8) is 0 Å². The van der Waals surface area contributed by atoms with Crippen molar-refractivity contribution in [3.05, 3.63) is 132 Å². The fourth-order valence-corrected chi connectivity index (χ4v) is 7.53. The van der Waals surface area contributed by atoms with Gasteiger partial charge in [0.25, 0.3) is 5.91 Å². The molecule has 0 saturated carbocycles. The fourth-order valence-electron chi connectivity index (χ4n) is 5.02. The van der Waals surface area contributed by atoms with E-state index in [1.54, 1.807) is 36.4 Å². The standard InChI is InChI=1S/C32H30FN2O3P/c1-23(2)22-32(31(36)34-30(38-32)25-12-6-3-7-13-25)29(24-18-20-26(33)21-19-24)35-39(37,27-14-8-4-9-15-27)28-16-10-5-11-17-28/h3-21,23,29H,22H2,1-2H3,(H,35,37)/t29-,32+/m0/s1. The van der Waals surface area contributed by atoms with Crippen LogP contribution in [-0.2, 0) is 14.1 Å². The number of halogens is 1. The first-order chi connectivity index (χ1) is 18.8. The van der Waals surface area contributed by atoms with Gasteiger partial charge in [-0.15, -0.1) is 0 Å². The van der Waals surface area contributed by atoms with E-state index < -0.39 is 30.7 Å². The van der Waals surface area contributed by atoms with Gasteiger partial charge < -0.3 is 4.74 Å². The number of hydrogen-bond acceptors (Lipinski definition) is 3. The fraction of sp³-hybridized carbons (Fsp3) is 0.188. The Kier molecular flexibility index (Phi) is 7.60. The summed E-state index contributed by atoms with van der Waals surface area (Å²) in [5.41, 5.74) is -0.276. The summed E-state index contributed by atoms with van der Waals surface area (Å²) in [7, 11) is -3.54. The Morgan fingerprint density at radius 2 is 1.33 bits per heavy atom. The molecule has 7 heteroatoms. The summed E-state index contributed by atoms with van der Waals surface area (Å²) in [4.78, 5) is 18.3.